The van der Waals surface area contributed by atoms with Gasteiger partial charge >= 0.3 is 0 Å². The number of nitrogens with one attached hydrogen (secondary N) is 1. The second-order valence-corrected chi connectivity index (χ2v) is 9.62. The molecule has 0 bridgehead atoms. The number of nitrogen functional groups attached to an aromatic ring is 1. The Morgan fingerprint density at radius 2 is 1.97 bits per heavy atom. The summed E-state index contributed by atoms with van der Waals surface area (Å²) in [5.41, 5.74) is 12.2. The van der Waals surface area contributed by atoms with E-state index in [4.69, 9.17) is 10.7 Å². The van der Waals surface area contributed by atoms with E-state index >= 15 is 0 Å². The van der Waals surface area contributed by atoms with Crippen molar-refractivity contribution in [2.24, 2.45) is 5.92 Å². The molecule has 3 aliphatic rings. The lowest BCUT2D eigenvalue weighted by Crippen LogP contribution is -2.21. The third-order valence-corrected chi connectivity index (χ3v) is 7.06. The number of fused-ring (bicyclic) bond motifs is 2. The van der Waals surface area contributed by atoms with Gasteiger partial charge in [-0.15, -0.1) is 0 Å². The summed E-state index contributed by atoms with van der Waals surface area (Å²) < 4.78 is 14.3. The highest BCUT2D eigenvalue weighted by molar-refractivity contribution is 5.88. The van der Waals surface area contributed by atoms with E-state index < -0.39 is 6.17 Å². The van der Waals surface area contributed by atoms with Crippen LogP contribution in [0.25, 0.3) is 28.5 Å². The minimum atomic E-state index is -0.464. The minimum Gasteiger partial charge on any atom is -0.382 e. The van der Waals surface area contributed by atoms with Crippen molar-refractivity contribution >= 4 is 23.1 Å². The molecule has 172 valence electrons. The standard InChI is InChI=1S/C21H21N5.C6H11F/c1-12-9-16(10-12)21-25-18(19-20(22)24-7-8-26(19)21)15-4-3-14-5-6-23-13(2)17(14)11-15;7-6-4-2-1-3-5-6/h3-8,11-12,16,23H,2,9-10H2,1H3,(H2,22,24);6H,1-5H2. The Balaban J connectivity index is 0.000000281. The van der Waals surface area contributed by atoms with Crippen LogP contribution in [0.1, 0.15) is 74.7 Å². The van der Waals surface area contributed by atoms with Crippen molar-refractivity contribution in [2.45, 2.75) is 64.0 Å². The van der Waals surface area contributed by atoms with Gasteiger partial charge in [0.05, 0.1) is 0 Å². The van der Waals surface area contributed by atoms with Crippen LogP contribution in [0.3, 0.4) is 0 Å². The summed E-state index contributed by atoms with van der Waals surface area (Å²) in [5.74, 6) is 2.87. The highest BCUT2D eigenvalue weighted by atomic mass is 19.1. The van der Waals surface area contributed by atoms with Gasteiger partial charge in [0.2, 0.25) is 0 Å². The third kappa shape index (κ3) is 4.26. The van der Waals surface area contributed by atoms with Crippen LogP contribution in [0.15, 0.2) is 43.4 Å². The zero-order chi connectivity index (χ0) is 22.9. The second kappa shape index (κ2) is 9.00. The number of nitrogens with two attached hydrogens (primary N) is 1. The maximum absolute atomic E-state index is 12.2. The Hall–Kier alpha value is -3.15. The molecule has 0 unspecified atom stereocenters. The summed E-state index contributed by atoms with van der Waals surface area (Å²) in [6, 6.07) is 6.34. The van der Waals surface area contributed by atoms with Crippen molar-refractivity contribution in [1.29, 1.82) is 0 Å². The fourth-order valence-corrected chi connectivity index (χ4v) is 5.16. The minimum absolute atomic E-state index is 0.464. The number of hydrogen-bond donors (Lipinski definition) is 2. The summed E-state index contributed by atoms with van der Waals surface area (Å²) in [4.78, 5) is 9.33. The molecule has 6 heteroatoms. The number of nitrogens with zero attached hydrogens (tertiary/aromatic N) is 3. The average molecular weight is 446 g/mol. The lowest BCUT2D eigenvalue weighted by molar-refractivity contribution is 0.251. The van der Waals surface area contributed by atoms with E-state index in [0.717, 1.165) is 71.0 Å². The molecule has 0 amide bonds. The largest absolute Gasteiger partial charge is 0.382 e. The van der Waals surface area contributed by atoms with Gasteiger partial charge in [0, 0.05) is 41.3 Å². The topological polar surface area (TPSA) is 68.2 Å². The van der Waals surface area contributed by atoms with Crippen LogP contribution in [0, 0.1) is 5.92 Å². The van der Waals surface area contributed by atoms with Crippen LogP contribution >= 0.6 is 0 Å². The highest BCUT2D eigenvalue weighted by Gasteiger charge is 2.31. The van der Waals surface area contributed by atoms with E-state index in [2.05, 4.69) is 52.5 Å². The van der Waals surface area contributed by atoms with E-state index in [9.17, 15) is 4.39 Å². The Labute approximate surface area is 194 Å². The van der Waals surface area contributed by atoms with Gasteiger partial charge in [-0.25, -0.2) is 14.4 Å². The maximum atomic E-state index is 12.2. The molecule has 3 N–H and O–H groups in total. The van der Waals surface area contributed by atoms with Gasteiger partial charge in [0.1, 0.15) is 29.0 Å². The third-order valence-electron chi connectivity index (χ3n) is 7.06. The van der Waals surface area contributed by atoms with E-state index in [1.165, 1.54) is 19.3 Å². The van der Waals surface area contributed by atoms with E-state index in [1.54, 1.807) is 6.20 Å². The first-order chi connectivity index (χ1) is 16.0. The Kier molecular flexibility index (Phi) is 5.92. The Morgan fingerprint density at radius 3 is 2.67 bits per heavy atom. The Bertz CT molecular complexity index is 1200. The first-order valence-corrected chi connectivity index (χ1v) is 12.0. The summed E-state index contributed by atoms with van der Waals surface area (Å²) in [6.07, 6.45) is 14.7. The first-order valence-electron chi connectivity index (χ1n) is 12.0. The molecule has 6 rings (SSSR count). The number of rotatable bonds is 2. The number of hydrogen-bond acceptors (Lipinski definition) is 4. The number of imidazole rings is 1. The highest BCUT2D eigenvalue weighted by Crippen LogP contribution is 2.43. The molecule has 0 radical (unpaired) electrons. The number of anilines is 1. The molecule has 2 saturated carbocycles. The van der Waals surface area contributed by atoms with Crippen molar-refractivity contribution in [2.75, 3.05) is 5.73 Å². The SMILES string of the molecule is C=C1NC=Cc2ccc(-c3nc(C4CC(C)C4)n4ccnc(N)c34)cc21.FC1CCCCC1. The van der Waals surface area contributed by atoms with E-state index in [1.807, 2.05) is 12.4 Å². The van der Waals surface area contributed by atoms with Crippen LogP contribution in [0.5, 0.6) is 0 Å². The van der Waals surface area contributed by atoms with E-state index in [0.29, 0.717) is 11.7 Å². The molecule has 0 atom stereocenters. The number of halogens is 1. The summed E-state index contributed by atoms with van der Waals surface area (Å²) >= 11 is 0. The monoisotopic (exact) mass is 445 g/mol. The molecule has 2 fully saturated rings. The molecule has 2 aromatic heterocycles. The smallest absolute Gasteiger partial charge is 0.150 e. The zero-order valence-electron chi connectivity index (χ0n) is 19.2. The number of alkyl halides is 1. The fourth-order valence-electron chi connectivity index (χ4n) is 5.16. The average Bonchev–Trinajstić information content (AvgIpc) is 3.19. The molecule has 2 aliphatic carbocycles. The molecule has 3 heterocycles. The molecule has 1 aromatic carbocycles. The first kappa shape index (κ1) is 21.7. The van der Waals surface area contributed by atoms with Crippen molar-refractivity contribution < 1.29 is 4.39 Å². The fraction of sp³-hybridized carbons (Fsp3) is 0.407. The van der Waals surface area contributed by atoms with Crippen LogP contribution in [0.2, 0.25) is 0 Å². The van der Waals surface area contributed by atoms with Gasteiger partial charge in [-0.3, -0.25) is 4.40 Å². The number of aromatic nitrogens is 3. The van der Waals surface area contributed by atoms with Crippen molar-refractivity contribution in [3.05, 3.63) is 60.3 Å². The quantitative estimate of drug-likeness (QED) is 0.484. The molecule has 3 aromatic rings. The molecule has 33 heavy (non-hydrogen) atoms. The second-order valence-electron chi connectivity index (χ2n) is 9.62. The lowest BCUT2D eigenvalue weighted by atomic mass is 9.76. The summed E-state index contributed by atoms with van der Waals surface area (Å²) in [7, 11) is 0. The maximum Gasteiger partial charge on any atom is 0.150 e. The van der Waals surface area contributed by atoms with Gasteiger partial charge in [-0.2, -0.15) is 0 Å². The van der Waals surface area contributed by atoms with Crippen LogP contribution < -0.4 is 11.1 Å². The van der Waals surface area contributed by atoms with Gasteiger partial charge in [0.25, 0.3) is 0 Å². The van der Waals surface area contributed by atoms with Crippen molar-refractivity contribution in [3.8, 4) is 11.3 Å². The summed E-state index contributed by atoms with van der Waals surface area (Å²) in [5, 5.41) is 3.17. The van der Waals surface area contributed by atoms with E-state index in [-0.39, 0.29) is 0 Å². The van der Waals surface area contributed by atoms with Crippen LogP contribution in [-0.2, 0) is 0 Å². The van der Waals surface area contributed by atoms with Crippen LogP contribution in [0.4, 0.5) is 10.2 Å². The van der Waals surface area contributed by atoms with Crippen LogP contribution in [-0.4, -0.2) is 20.5 Å². The molecular weight excluding hydrogens is 413 g/mol. The molecule has 5 nitrogen and oxygen atoms in total. The van der Waals surface area contributed by atoms with Crippen molar-refractivity contribution in [3.63, 3.8) is 0 Å². The predicted molar refractivity (Wildman–Crippen MR) is 133 cm³/mol. The molecule has 0 spiro atoms. The van der Waals surface area contributed by atoms with Gasteiger partial charge in [-0.1, -0.05) is 44.9 Å². The van der Waals surface area contributed by atoms with Gasteiger partial charge < -0.3 is 11.1 Å². The molecular formula is C27H32FN5. The lowest BCUT2D eigenvalue weighted by Gasteiger charge is -2.31. The normalized spacial score (nSPS) is 22.2. The van der Waals surface area contributed by atoms with Gasteiger partial charge in [0.15, 0.2) is 0 Å². The number of benzene rings is 1. The summed E-state index contributed by atoms with van der Waals surface area (Å²) in [6.45, 7) is 6.40. The van der Waals surface area contributed by atoms with Crippen molar-refractivity contribution in [1.82, 2.24) is 19.7 Å². The molecule has 1 aliphatic heterocycles. The van der Waals surface area contributed by atoms with Gasteiger partial charge in [-0.05, 0) is 49.3 Å². The molecule has 0 saturated heterocycles. The predicted octanol–water partition coefficient (Wildman–Crippen LogP) is 6.33. The Morgan fingerprint density at radius 1 is 1.18 bits per heavy atom. The zero-order valence-corrected chi connectivity index (χ0v) is 19.2.